The van der Waals surface area contributed by atoms with Crippen LogP contribution in [0.2, 0.25) is 0 Å². The maximum atomic E-state index is 12.4. The number of Topliss-reactive ketones (excluding diaryl/α,β-unsaturated/α-hetero) is 1. The molecule has 0 N–H and O–H groups in total. The summed E-state index contributed by atoms with van der Waals surface area (Å²) in [6, 6.07) is 9.77. The molecule has 1 aromatic rings. The lowest BCUT2D eigenvalue weighted by Gasteiger charge is -2.35. The summed E-state index contributed by atoms with van der Waals surface area (Å²) in [5, 5.41) is 0. The van der Waals surface area contributed by atoms with E-state index in [1.807, 2.05) is 30.3 Å². The lowest BCUT2D eigenvalue weighted by molar-refractivity contribution is 0.0925. The second-order valence-electron chi connectivity index (χ2n) is 6.11. The van der Waals surface area contributed by atoms with Gasteiger partial charge in [0.1, 0.15) is 0 Å². The van der Waals surface area contributed by atoms with Crippen LogP contribution in [0.25, 0.3) is 0 Å². The minimum atomic E-state index is 0.325. The van der Waals surface area contributed by atoms with Crippen LogP contribution >= 0.6 is 0 Å². The highest BCUT2D eigenvalue weighted by Crippen LogP contribution is 2.51. The minimum Gasteiger partial charge on any atom is -0.294 e. The molecule has 0 amide bonds. The molecule has 100 valence electrons. The molecule has 3 rings (SSSR count). The van der Waals surface area contributed by atoms with Gasteiger partial charge in [0.05, 0.1) is 0 Å². The molecule has 0 aliphatic heterocycles. The van der Waals surface area contributed by atoms with Crippen molar-refractivity contribution in [3.05, 3.63) is 48.0 Å². The average Bonchev–Trinajstić information content (AvgIpc) is 2.83. The lowest BCUT2D eigenvalue weighted by atomic mass is 9.69. The van der Waals surface area contributed by atoms with Crippen molar-refractivity contribution in [2.75, 3.05) is 0 Å². The number of allylic oxidation sites excluding steroid dienone is 2. The molecule has 1 heteroatoms. The highest BCUT2D eigenvalue weighted by atomic mass is 16.1. The number of carbonyl (C=O) groups excluding carboxylic acids is 1. The van der Waals surface area contributed by atoms with Gasteiger partial charge in [-0.2, -0.15) is 0 Å². The van der Waals surface area contributed by atoms with Crippen molar-refractivity contribution >= 4 is 5.78 Å². The first-order valence-corrected chi connectivity index (χ1v) is 7.56. The fourth-order valence-corrected chi connectivity index (χ4v) is 3.94. The standard InChI is InChI=1S/C18H22O/c19-17(15-8-3-1-4-9-15)14-16-10-7-13-18(16)11-5-2-6-12-18/h1,3-5,8-9,11,16H,2,6-7,10,12-14H2/t16-,18+/m0/s1. The van der Waals surface area contributed by atoms with E-state index in [1.54, 1.807) is 0 Å². The maximum Gasteiger partial charge on any atom is 0.163 e. The zero-order valence-electron chi connectivity index (χ0n) is 11.5. The van der Waals surface area contributed by atoms with Crippen molar-refractivity contribution in [2.45, 2.75) is 44.9 Å². The summed E-state index contributed by atoms with van der Waals surface area (Å²) in [6.45, 7) is 0. The summed E-state index contributed by atoms with van der Waals surface area (Å²) in [4.78, 5) is 12.4. The van der Waals surface area contributed by atoms with Gasteiger partial charge in [-0.05, 0) is 43.4 Å². The molecule has 1 spiro atoms. The summed E-state index contributed by atoms with van der Waals surface area (Å²) in [5.74, 6) is 0.891. The molecule has 0 unspecified atom stereocenters. The first-order valence-electron chi connectivity index (χ1n) is 7.56. The smallest absolute Gasteiger partial charge is 0.163 e. The molecule has 0 bridgehead atoms. The summed E-state index contributed by atoms with van der Waals surface area (Å²) < 4.78 is 0. The van der Waals surface area contributed by atoms with Crippen LogP contribution in [-0.4, -0.2) is 5.78 Å². The topological polar surface area (TPSA) is 17.1 Å². The highest BCUT2D eigenvalue weighted by Gasteiger charge is 2.41. The van der Waals surface area contributed by atoms with E-state index in [0.717, 1.165) is 12.0 Å². The van der Waals surface area contributed by atoms with E-state index in [0.29, 0.717) is 17.1 Å². The number of rotatable bonds is 3. The SMILES string of the molecule is O=C(C[C@@H]1CCC[C@]12C=CCCC2)c1ccccc1. The van der Waals surface area contributed by atoms with Crippen LogP contribution in [0.3, 0.4) is 0 Å². The van der Waals surface area contributed by atoms with Crippen molar-refractivity contribution in [2.24, 2.45) is 11.3 Å². The highest BCUT2D eigenvalue weighted by molar-refractivity contribution is 5.96. The Morgan fingerprint density at radius 1 is 1.16 bits per heavy atom. The van der Waals surface area contributed by atoms with E-state index in [9.17, 15) is 4.79 Å². The molecule has 1 aromatic carbocycles. The quantitative estimate of drug-likeness (QED) is 0.560. The molecular formula is C18H22O. The second-order valence-corrected chi connectivity index (χ2v) is 6.11. The van der Waals surface area contributed by atoms with Gasteiger partial charge in [0.2, 0.25) is 0 Å². The molecule has 0 saturated heterocycles. The molecule has 1 saturated carbocycles. The summed E-state index contributed by atoms with van der Waals surface area (Å²) in [7, 11) is 0. The zero-order chi connectivity index (χ0) is 13.1. The van der Waals surface area contributed by atoms with E-state index in [2.05, 4.69) is 12.2 Å². The minimum absolute atomic E-state index is 0.325. The van der Waals surface area contributed by atoms with Gasteiger partial charge in [0.25, 0.3) is 0 Å². The van der Waals surface area contributed by atoms with Crippen molar-refractivity contribution in [3.63, 3.8) is 0 Å². The Hall–Kier alpha value is -1.37. The molecule has 1 nitrogen and oxygen atoms in total. The van der Waals surface area contributed by atoms with Crippen LogP contribution in [0.4, 0.5) is 0 Å². The number of ketones is 1. The van der Waals surface area contributed by atoms with Crippen molar-refractivity contribution in [1.82, 2.24) is 0 Å². The number of benzene rings is 1. The van der Waals surface area contributed by atoms with Crippen LogP contribution in [0.1, 0.15) is 55.3 Å². The molecular weight excluding hydrogens is 232 g/mol. The van der Waals surface area contributed by atoms with Crippen LogP contribution < -0.4 is 0 Å². The molecule has 19 heavy (non-hydrogen) atoms. The third-order valence-corrected chi connectivity index (χ3v) is 5.00. The van der Waals surface area contributed by atoms with Gasteiger partial charge >= 0.3 is 0 Å². The molecule has 2 aliphatic rings. The molecule has 2 aliphatic carbocycles. The predicted octanol–water partition coefficient (Wildman–Crippen LogP) is 4.79. The van der Waals surface area contributed by atoms with E-state index < -0.39 is 0 Å². The van der Waals surface area contributed by atoms with Gasteiger partial charge in [0.15, 0.2) is 5.78 Å². The third-order valence-electron chi connectivity index (χ3n) is 5.00. The largest absolute Gasteiger partial charge is 0.294 e. The summed E-state index contributed by atoms with van der Waals surface area (Å²) in [6.07, 6.45) is 13.1. The molecule has 2 atom stereocenters. The Balaban J connectivity index is 1.74. The zero-order valence-corrected chi connectivity index (χ0v) is 11.5. The van der Waals surface area contributed by atoms with Gasteiger partial charge in [-0.15, -0.1) is 0 Å². The average molecular weight is 254 g/mol. The molecule has 0 heterocycles. The summed E-state index contributed by atoms with van der Waals surface area (Å²) >= 11 is 0. The van der Waals surface area contributed by atoms with Crippen LogP contribution in [-0.2, 0) is 0 Å². The van der Waals surface area contributed by atoms with Crippen molar-refractivity contribution in [1.29, 1.82) is 0 Å². The van der Waals surface area contributed by atoms with Gasteiger partial charge in [0, 0.05) is 12.0 Å². The first kappa shape index (κ1) is 12.7. The normalized spacial score (nSPS) is 29.8. The van der Waals surface area contributed by atoms with E-state index in [4.69, 9.17) is 0 Å². The Kier molecular flexibility index (Phi) is 3.54. The summed E-state index contributed by atoms with van der Waals surface area (Å²) in [5.41, 5.74) is 1.23. The van der Waals surface area contributed by atoms with Crippen LogP contribution in [0.5, 0.6) is 0 Å². The van der Waals surface area contributed by atoms with E-state index in [1.165, 1.54) is 38.5 Å². The van der Waals surface area contributed by atoms with Gasteiger partial charge < -0.3 is 0 Å². The fraction of sp³-hybridized carbons (Fsp3) is 0.500. The fourth-order valence-electron chi connectivity index (χ4n) is 3.94. The third kappa shape index (κ3) is 2.51. The first-order chi connectivity index (χ1) is 9.30. The maximum absolute atomic E-state index is 12.4. The Bertz CT molecular complexity index is 474. The Morgan fingerprint density at radius 3 is 2.68 bits per heavy atom. The van der Waals surface area contributed by atoms with Crippen LogP contribution in [0, 0.1) is 11.3 Å². The Morgan fingerprint density at radius 2 is 1.95 bits per heavy atom. The van der Waals surface area contributed by atoms with Gasteiger partial charge in [-0.1, -0.05) is 48.9 Å². The number of carbonyl (C=O) groups is 1. The van der Waals surface area contributed by atoms with E-state index in [-0.39, 0.29) is 0 Å². The van der Waals surface area contributed by atoms with Crippen molar-refractivity contribution in [3.8, 4) is 0 Å². The Labute approximate surface area is 115 Å². The van der Waals surface area contributed by atoms with E-state index >= 15 is 0 Å². The second kappa shape index (κ2) is 5.32. The number of hydrogen-bond acceptors (Lipinski definition) is 1. The molecule has 0 radical (unpaired) electrons. The van der Waals surface area contributed by atoms with Gasteiger partial charge in [-0.3, -0.25) is 4.79 Å². The molecule has 1 fully saturated rings. The monoisotopic (exact) mass is 254 g/mol. The predicted molar refractivity (Wildman–Crippen MR) is 78.2 cm³/mol. The van der Waals surface area contributed by atoms with Gasteiger partial charge in [-0.25, -0.2) is 0 Å². The lowest BCUT2D eigenvalue weighted by Crippen LogP contribution is -2.27. The number of hydrogen-bond donors (Lipinski definition) is 0. The van der Waals surface area contributed by atoms with Crippen LogP contribution in [0.15, 0.2) is 42.5 Å². The van der Waals surface area contributed by atoms with Crippen molar-refractivity contribution < 1.29 is 4.79 Å². The molecule has 0 aromatic heterocycles.